The molecule has 2 heterocycles. The number of aromatic nitrogens is 2. The molecule has 0 saturated carbocycles. The van der Waals surface area contributed by atoms with Gasteiger partial charge in [-0.3, -0.25) is 14.3 Å². The summed E-state index contributed by atoms with van der Waals surface area (Å²) in [6, 6.07) is 19.5. The number of anilines is 1. The van der Waals surface area contributed by atoms with Gasteiger partial charge in [0.25, 0.3) is 11.8 Å². The predicted molar refractivity (Wildman–Crippen MR) is 123 cm³/mol. The summed E-state index contributed by atoms with van der Waals surface area (Å²) in [7, 11) is 3.60. The summed E-state index contributed by atoms with van der Waals surface area (Å²) in [5.41, 5.74) is 3.89. The second-order valence-electron chi connectivity index (χ2n) is 7.90. The third-order valence-corrected chi connectivity index (χ3v) is 5.62. The normalized spacial score (nSPS) is 12.8. The zero-order valence-corrected chi connectivity index (χ0v) is 17.8. The minimum atomic E-state index is -0.274. The molecule has 7 nitrogen and oxygen atoms in total. The van der Waals surface area contributed by atoms with Crippen molar-refractivity contribution in [3.8, 4) is 16.9 Å². The van der Waals surface area contributed by atoms with Crippen LogP contribution in [0.3, 0.4) is 0 Å². The number of nitrogens with one attached hydrogen (secondary N) is 1. The zero-order valence-electron chi connectivity index (χ0n) is 17.8. The zero-order chi connectivity index (χ0) is 22.2. The van der Waals surface area contributed by atoms with Gasteiger partial charge >= 0.3 is 0 Å². The number of hydrogen-bond donors (Lipinski definition) is 1. The maximum Gasteiger partial charge on any atom is 0.263 e. The summed E-state index contributed by atoms with van der Waals surface area (Å²) in [6.45, 7) is 0.500. The Kier molecular flexibility index (Phi) is 4.86. The van der Waals surface area contributed by atoms with Gasteiger partial charge in [0.2, 0.25) is 0 Å². The van der Waals surface area contributed by atoms with Crippen molar-refractivity contribution in [1.29, 1.82) is 0 Å². The van der Waals surface area contributed by atoms with E-state index in [1.165, 1.54) is 0 Å². The van der Waals surface area contributed by atoms with E-state index in [0.717, 1.165) is 33.0 Å². The average Bonchev–Trinajstić information content (AvgIpc) is 3.33. The SMILES string of the molecule is CN1Cc2cc(-c3ccc(OCC(=O)Nc4ccn(C)n4)c4ccccc34)ccc2C1=O. The van der Waals surface area contributed by atoms with Crippen molar-refractivity contribution in [1.82, 2.24) is 14.7 Å². The van der Waals surface area contributed by atoms with Crippen molar-refractivity contribution in [2.75, 3.05) is 19.0 Å². The molecular weight excluding hydrogens is 404 g/mol. The molecule has 0 fully saturated rings. The van der Waals surface area contributed by atoms with E-state index >= 15 is 0 Å². The summed E-state index contributed by atoms with van der Waals surface area (Å²) in [4.78, 5) is 26.2. The van der Waals surface area contributed by atoms with E-state index in [9.17, 15) is 9.59 Å². The van der Waals surface area contributed by atoms with Gasteiger partial charge in [0.05, 0.1) is 0 Å². The molecule has 0 saturated heterocycles. The van der Waals surface area contributed by atoms with E-state index in [-0.39, 0.29) is 18.4 Å². The topological polar surface area (TPSA) is 76.5 Å². The molecule has 0 aliphatic carbocycles. The highest BCUT2D eigenvalue weighted by Crippen LogP contribution is 2.36. The van der Waals surface area contributed by atoms with E-state index in [2.05, 4.69) is 16.5 Å². The summed E-state index contributed by atoms with van der Waals surface area (Å²) in [6.07, 6.45) is 1.76. The van der Waals surface area contributed by atoms with Gasteiger partial charge in [0.1, 0.15) is 5.75 Å². The van der Waals surface area contributed by atoms with Crippen molar-refractivity contribution < 1.29 is 14.3 Å². The lowest BCUT2D eigenvalue weighted by Gasteiger charge is -2.13. The van der Waals surface area contributed by atoms with E-state index < -0.39 is 0 Å². The Morgan fingerprint density at radius 2 is 1.81 bits per heavy atom. The van der Waals surface area contributed by atoms with Gasteiger partial charge in [-0.1, -0.05) is 36.4 Å². The van der Waals surface area contributed by atoms with Crippen LogP contribution in [0.5, 0.6) is 5.75 Å². The first-order valence-corrected chi connectivity index (χ1v) is 10.3. The predicted octanol–water partition coefficient (Wildman–Crippen LogP) is 3.84. The number of amides is 2. The van der Waals surface area contributed by atoms with Crippen LogP contribution < -0.4 is 10.1 Å². The lowest BCUT2D eigenvalue weighted by Crippen LogP contribution is -2.20. The molecule has 0 unspecified atom stereocenters. The number of carbonyl (C=O) groups is 2. The molecule has 32 heavy (non-hydrogen) atoms. The Morgan fingerprint density at radius 3 is 2.59 bits per heavy atom. The fourth-order valence-electron chi connectivity index (χ4n) is 4.09. The highest BCUT2D eigenvalue weighted by molar-refractivity contribution is 6.02. The molecule has 1 aromatic heterocycles. The van der Waals surface area contributed by atoms with Crippen LogP contribution in [0.4, 0.5) is 5.82 Å². The van der Waals surface area contributed by atoms with Gasteiger partial charge in [-0.05, 0) is 40.3 Å². The quantitative estimate of drug-likeness (QED) is 0.526. The molecule has 5 rings (SSSR count). The molecular formula is C25H22N4O3. The molecule has 160 valence electrons. The molecule has 0 spiro atoms. The van der Waals surface area contributed by atoms with Crippen molar-refractivity contribution in [2.45, 2.75) is 6.54 Å². The first-order valence-electron chi connectivity index (χ1n) is 10.3. The number of benzene rings is 3. The van der Waals surface area contributed by atoms with Gasteiger partial charge in [-0.2, -0.15) is 5.10 Å². The lowest BCUT2D eigenvalue weighted by atomic mass is 9.95. The number of aryl methyl sites for hydroxylation is 1. The van der Waals surface area contributed by atoms with Gasteiger partial charge in [0, 0.05) is 43.9 Å². The third kappa shape index (κ3) is 3.58. The fourth-order valence-corrected chi connectivity index (χ4v) is 4.09. The lowest BCUT2D eigenvalue weighted by molar-refractivity contribution is -0.118. The Morgan fingerprint density at radius 1 is 1.03 bits per heavy atom. The van der Waals surface area contributed by atoms with E-state index in [4.69, 9.17) is 4.74 Å². The van der Waals surface area contributed by atoms with E-state index in [1.807, 2.05) is 55.6 Å². The van der Waals surface area contributed by atoms with Gasteiger partial charge < -0.3 is 15.0 Å². The maximum absolute atomic E-state index is 12.3. The Labute approximate surface area is 185 Å². The van der Waals surface area contributed by atoms with Crippen molar-refractivity contribution in [3.63, 3.8) is 0 Å². The van der Waals surface area contributed by atoms with Crippen LogP contribution in [-0.2, 0) is 18.4 Å². The summed E-state index contributed by atoms with van der Waals surface area (Å²) in [5, 5.41) is 8.80. The summed E-state index contributed by atoms with van der Waals surface area (Å²) < 4.78 is 7.48. The summed E-state index contributed by atoms with van der Waals surface area (Å²) in [5.74, 6) is 0.909. The van der Waals surface area contributed by atoms with Crippen LogP contribution >= 0.6 is 0 Å². The molecule has 7 heteroatoms. The molecule has 1 aliphatic heterocycles. The van der Waals surface area contributed by atoms with Gasteiger partial charge in [-0.25, -0.2) is 0 Å². The minimum Gasteiger partial charge on any atom is -0.483 e. The number of fused-ring (bicyclic) bond motifs is 2. The third-order valence-electron chi connectivity index (χ3n) is 5.62. The Bertz CT molecular complexity index is 1360. The number of hydrogen-bond acceptors (Lipinski definition) is 4. The van der Waals surface area contributed by atoms with Crippen LogP contribution in [0.25, 0.3) is 21.9 Å². The molecule has 0 atom stereocenters. The van der Waals surface area contributed by atoms with Crippen LogP contribution in [0.1, 0.15) is 15.9 Å². The van der Waals surface area contributed by atoms with Crippen molar-refractivity contribution >= 4 is 28.4 Å². The van der Waals surface area contributed by atoms with Crippen LogP contribution in [0, 0.1) is 0 Å². The van der Waals surface area contributed by atoms with Crippen molar-refractivity contribution in [3.05, 3.63) is 78.0 Å². The van der Waals surface area contributed by atoms with Crippen molar-refractivity contribution in [2.24, 2.45) is 7.05 Å². The fraction of sp³-hybridized carbons (Fsp3) is 0.160. The Balaban J connectivity index is 1.42. The minimum absolute atomic E-state index is 0.0594. The van der Waals surface area contributed by atoms with E-state index in [0.29, 0.717) is 18.1 Å². The first-order chi connectivity index (χ1) is 15.5. The summed E-state index contributed by atoms with van der Waals surface area (Å²) >= 11 is 0. The first kappa shape index (κ1) is 19.8. The van der Waals surface area contributed by atoms with Gasteiger partial charge in [0.15, 0.2) is 12.4 Å². The smallest absolute Gasteiger partial charge is 0.263 e. The molecule has 0 bridgehead atoms. The van der Waals surface area contributed by atoms with Crippen LogP contribution in [-0.4, -0.2) is 40.1 Å². The highest BCUT2D eigenvalue weighted by atomic mass is 16.5. The highest BCUT2D eigenvalue weighted by Gasteiger charge is 2.24. The largest absolute Gasteiger partial charge is 0.483 e. The van der Waals surface area contributed by atoms with Crippen LogP contribution in [0.2, 0.25) is 0 Å². The molecule has 2 amide bonds. The second-order valence-corrected chi connectivity index (χ2v) is 7.90. The molecule has 4 aromatic rings. The van der Waals surface area contributed by atoms with Gasteiger partial charge in [-0.15, -0.1) is 0 Å². The Hall–Kier alpha value is -4.13. The molecule has 1 N–H and O–H groups in total. The average molecular weight is 426 g/mol. The number of ether oxygens (including phenoxy) is 1. The maximum atomic E-state index is 12.3. The van der Waals surface area contributed by atoms with Crippen LogP contribution in [0.15, 0.2) is 66.9 Å². The monoisotopic (exact) mass is 426 g/mol. The second kappa shape index (κ2) is 7.85. The van der Waals surface area contributed by atoms with E-state index in [1.54, 1.807) is 28.9 Å². The number of nitrogens with zero attached hydrogens (tertiary/aromatic N) is 3. The molecule has 3 aromatic carbocycles. The standard InChI is InChI=1S/C25H22N4O3/c1-28-14-17-13-16(7-8-19(17)25(28)31)18-9-10-22(21-6-4-3-5-20(18)21)32-15-24(30)26-23-11-12-29(2)27-23/h3-13H,14-15H2,1-2H3,(H,26,27,30). The molecule has 1 aliphatic rings. The number of carbonyl (C=O) groups excluding carboxylic acids is 2. The molecule has 0 radical (unpaired) electrons. The number of rotatable bonds is 5.